The molecule has 1 atom stereocenters. The lowest BCUT2D eigenvalue weighted by Crippen LogP contribution is -2.30. The molecule has 1 aliphatic heterocycles. The van der Waals surface area contributed by atoms with E-state index in [1.807, 2.05) is 57.0 Å². The number of fused-ring (bicyclic) bond motifs is 1. The topological polar surface area (TPSA) is 136 Å². The van der Waals surface area contributed by atoms with Crippen molar-refractivity contribution in [1.29, 1.82) is 5.26 Å². The number of hydrogen-bond acceptors (Lipinski definition) is 10. The molecule has 3 N–H and O–H groups in total. The largest absolute Gasteiger partial charge is 0.437 e. The Kier molecular flexibility index (Phi) is 13.0. The average molecular weight is 526 g/mol. The summed E-state index contributed by atoms with van der Waals surface area (Å²) in [7, 11) is 3.74. The summed E-state index contributed by atoms with van der Waals surface area (Å²) in [5.41, 5.74) is 1.55. The lowest BCUT2D eigenvalue weighted by Gasteiger charge is -2.17. The van der Waals surface area contributed by atoms with E-state index in [4.69, 9.17) is 14.6 Å². The van der Waals surface area contributed by atoms with Crippen molar-refractivity contribution in [3.8, 4) is 11.8 Å². The third kappa shape index (κ3) is 9.63. The highest BCUT2D eigenvalue weighted by Crippen LogP contribution is 2.35. The number of hydrogen-bond donors (Lipinski definition) is 3. The first-order valence-electron chi connectivity index (χ1n) is 12.8. The van der Waals surface area contributed by atoms with Crippen LogP contribution in [0.25, 0.3) is 5.57 Å². The number of likely N-dealkylation sites (N-methyl/N-ethyl adjacent to an activating group) is 1. The van der Waals surface area contributed by atoms with Crippen molar-refractivity contribution in [3.63, 3.8) is 0 Å². The molecule has 11 heteroatoms. The summed E-state index contributed by atoms with van der Waals surface area (Å²) in [6.45, 7) is 9.20. The highest BCUT2D eigenvalue weighted by atomic mass is 16.6. The number of aliphatic hydroxyl groups excluding tert-OH is 1. The van der Waals surface area contributed by atoms with Gasteiger partial charge in [-0.05, 0) is 52.1 Å². The van der Waals surface area contributed by atoms with Gasteiger partial charge in [0.25, 0.3) is 0 Å². The van der Waals surface area contributed by atoms with Crippen molar-refractivity contribution < 1.29 is 19.4 Å². The molecule has 1 aromatic heterocycles. The van der Waals surface area contributed by atoms with Crippen molar-refractivity contribution in [2.75, 3.05) is 57.5 Å². The second kappa shape index (κ2) is 16.2. The number of para-hydroxylation sites is 2. The number of aromatic nitrogens is 2. The van der Waals surface area contributed by atoms with E-state index in [0.717, 1.165) is 12.2 Å². The van der Waals surface area contributed by atoms with Gasteiger partial charge in [0.2, 0.25) is 17.7 Å². The molecule has 206 valence electrons. The van der Waals surface area contributed by atoms with E-state index >= 15 is 0 Å². The summed E-state index contributed by atoms with van der Waals surface area (Å²) < 4.78 is 10.7. The molecule has 1 aliphatic rings. The predicted octanol–water partition coefficient (Wildman–Crippen LogP) is 3.14. The van der Waals surface area contributed by atoms with Crippen LogP contribution < -0.4 is 15.4 Å². The Hall–Kier alpha value is -3.72. The van der Waals surface area contributed by atoms with E-state index in [2.05, 4.69) is 26.7 Å². The molecule has 2 aromatic rings. The molecule has 0 saturated heterocycles. The Labute approximate surface area is 225 Å². The Morgan fingerprint density at radius 1 is 1.24 bits per heavy atom. The Bertz CT molecular complexity index is 1080. The van der Waals surface area contributed by atoms with E-state index in [0.29, 0.717) is 67.9 Å². The zero-order chi connectivity index (χ0) is 27.9. The van der Waals surface area contributed by atoms with E-state index < -0.39 is 6.29 Å². The maximum atomic E-state index is 11.8. The molecule has 0 fully saturated rings. The number of carbonyl (C=O) groups is 1. The highest BCUT2D eigenvalue weighted by Gasteiger charge is 2.22. The van der Waals surface area contributed by atoms with Crippen LogP contribution in [0.15, 0.2) is 42.4 Å². The van der Waals surface area contributed by atoms with Gasteiger partial charge in [-0.2, -0.15) is 5.26 Å². The zero-order valence-corrected chi connectivity index (χ0v) is 22.9. The van der Waals surface area contributed by atoms with Crippen LogP contribution in [0.3, 0.4) is 0 Å². The molecular weight excluding hydrogens is 486 g/mol. The van der Waals surface area contributed by atoms with Crippen molar-refractivity contribution in [2.45, 2.75) is 39.9 Å². The quantitative estimate of drug-likeness (QED) is 0.215. The highest BCUT2D eigenvalue weighted by molar-refractivity contribution is 5.81. The van der Waals surface area contributed by atoms with E-state index in [-0.39, 0.29) is 5.91 Å². The van der Waals surface area contributed by atoms with Crippen LogP contribution in [-0.4, -0.2) is 84.0 Å². The van der Waals surface area contributed by atoms with Gasteiger partial charge in [-0.15, -0.1) is 0 Å². The maximum absolute atomic E-state index is 11.8. The van der Waals surface area contributed by atoms with Crippen molar-refractivity contribution in [2.24, 2.45) is 0 Å². The van der Waals surface area contributed by atoms with Gasteiger partial charge in [0.1, 0.15) is 11.6 Å². The number of rotatable bonds is 12. The van der Waals surface area contributed by atoms with Gasteiger partial charge in [0, 0.05) is 45.9 Å². The number of anilines is 2. The lowest BCUT2D eigenvalue weighted by molar-refractivity contribution is -0.129. The van der Waals surface area contributed by atoms with Crippen LogP contribution >= 0.6 is 0 Å². The minimum atomic E-state index is -0.630. The van der Waals surface area contributed by atoms with Crippen LogP contribution in [-0.2, 0) is 9.53 Å². The Morgan fingerprint density at radius 2 is 2.00 bits per heavy atom. The minimum absolute atomic E-state index is 0.111. The Balaban J connectivity index is 0.000000432. The summed E-state index contributed by atoms with van der Waals surface area (Å²) in [4.78, 5) is 24.1. The van der Waals surface area contributed by atoms with Crippen LogP contribution in [0, 0.1) is 11.3 Å². The molecule has 2 heterocycles. The van der Waals surface area contributed by atoms with Crippen LogP contribution in [0.1, 0.15) is 39.3 Å². The van der Waals surface area contributed by atoms with Gasteiger partial charge < -0.3 is 35.0 Å². The molecule has 11 nitrogen and oxygen atoms in total. The monoisotopic (exact) mass is 525 g/mol. The standard InChI is InChI=1S/C20H22N6O2.C7H17NO2/c1-3-26(2)18(27)9-6-11-22-20-23-12-10-15(25-20)14(13-21)19-24-16-7-4-5-8-17(16)28-19;1-4-8(3)6-7(9)10-5-2/h4-5,7-8,10,12,24H,3,6,9,11H2,1-2H3,(H,22,23,25);7,9H,4-6H2,1-3H3/b19-14+;. The SMILES string of the molecule is CCN(C)C(=O)CCCNc1nccc(/C(C#N)=C2\Nc3ccccc3O2)n1.CCOC(O)CN(C)CC. The fourth-order valence-corrected chi connectivity index (χ4v) is 3.29. The molecule has 3 rings (SSSR count). The van der Waals surface area contributed by atoms with Gasteiger partial charge in [-0.1, -0.05) is 19.1 Å². The smallest absolute Gasteiger partial charge is 0.223 e. The number of amides is 1. The lowest BCUT2D eigenvalue weighted by atomic mass is 10.2. The molecule has 0 saturated carbocycles. The van der Waals surface area contributed by atoms with Crippen molar-refractivity contribution >= 4 is 23.1 Å². The van der Waals surface area contributed by atoms with Gasteiger partial charge >= 0.3 is 0 Å². The van der Waals surface area contributed by atoms with Crippen molar-refractivity contribution in [3.05, 3.63) is 48.1 Å². The minimum Gasteiger partial charge on any atom is -0.437 e. The fraction of sp³-hybridized carbons (Fsp3) is 0.481. The Morgan fingerprint density at radius 3 is 2.66 bits per heavy atom. The van der Waals surface area contributed by atoms with E-state index in [9.17, 15) is 10.1 Å². The summed E-state index contributed by atoms with van der Waals surface area (Å²) >= 11 is 0. The van der Waals surface area contributed by atoms with E-state index in [1.54, 1.807) is 24.2 Å². The molecule has 0 bridgehead atoms. The number of nitriles is 1. The zero-order valence-electron chi connectivity index (χ0n) is 22.9. The molecule has 1 aromatic carbocycles. The van der Waals surface area contributed by atoms with Gasteiger partial charge in [0.05, 0.1) is 11.4 Å². The second-order valence-electron chi connectivity index (χ2n) is 8.51. The first-order valence-corrected chi connectivity index (χ1v) is 12.8. The van der Waals surface area contributed by atoms with Crippen LogP contribution in [0.5, 0.6) is 5.75 Å². The van der Waals surface area contributed by atoms with Gasteiger partial charge in [-0.25, -0.2) is 9.97 Å². The van der Waals surface area contributed by atoms with Gasteiger partial charge in [-0.3, -0.25) is 4.79 Å². The fourth-order valence-electron chi connectivity index (χ4n) is 3.29. The first kappa shape index (κ1) is 30.5. The average Bonchev–Trinajstić information content (AvgIpc) is 3.35. The number of allylic oxidation sites excluding steroid dienone is 1. The number of benzene rings is 1. The van der Waals surface area contributed by atoms with Crippen LogP contribution in [0.4, 0.5) is 11.6 Å². The normalized spacial score (nSPS) is 13.7. The third-order valence-corrected chi connectivity index (χ3v) is 5.72. The summed E-state index contributed by atoms with van der Waals surface area (Å²) in [6.07, 6.45) is 2.08. The molecule has 0 aliphatic carbocycles. The first-order chi connectivity index (χ1) is 18.3. The number of ether oxygens (including phenoxy) is 2. The summed E-state index contributed by atoms with van der Waals surface area (Å²) in [5.74, 6) is 1.53. The number of nitrogens with zero attached hydrogens (tertiary/aromatic N) is 5. The van der Waals surface area contributed by atoms with E-state index in [1.165, 1.54) is 0 Å². The summed E-state index contributed by atoms with van der Waals surface area (Å²) in [6, 6.07) is 11.3. The predicted molar refractivity (Wildman–Crippen MR) is 147 cm³/mol. The molecule has 1 amide bonds. The molecule has 0 radical (unpaired) electrons. The summed E-state index contributed by atoms with van der Waals surface area (Å²) in [5, 5.41) is 24.9. The molecule has 38 heavy (non-hydrogen) atoms. The van der Waals surface area contributed by atoms with Crippen molar-refractivity contribution in [1.82, 2.24) is 19.8 Å². The van der Waals surface area contributed by atoms with Crippen LogP contribution in [0.2, 0.25) is 0 Å². The molecular formula is C27H39N7O4. The maximum Gasteiger partial charge on any atom is 0.223 e. The number of nitrogens with one attached hydrogen (secondary N) is 2. The third-order valence-electron chi connectivity index (χ3n) is 5.72. The molecule has 1 unspecified atom stereocenters. The number of carbonyl (C=O) groups excluding carboxylic acids is 1. The number of aliphatic hydroxyl groups is 1. The molecule has 0 spiro atoms. The second-order valence-corrected chi connectivity index (χ2v) is 8.51. The van der Waals surface area contributed by atoms with Gasteiger partial charge in [0.15, 0.2) is 12.0 Å².